The standard InChI is InChI=1S/C14H16Cl3N3OS/c15-14(16,17)12(21)19-13(22)18-10-6-2-3-7-11(10)20-8-4-1-5-9-20/h2-3,6-7H,1,4-5,8-9H2,(H2,18,19,21,22). The molecular formula is C14H16Cl3N3OS. The number of benzene rings is 1. The van der Waals surface area contributed by atoms with Gasteiger partial charge >= 0.3 is 0 Å². The zero-order valence-electron chi connectivity index (χ0n) is 11.7. The minimum atomic E-state index is -2.04. The fourth-order valence-corrected chi connectivity index (χ4v) is 2.66. The first-order valence-electron chi connectivity index (χ1n) is 6.91. The molecule has 0 atom stereocenters. The zero-order chi connectivity index (χ0) is 16.2. The summed E-state index contributed by atoms with van der Waals surface area (Å²) in [5.41, 5.74) is 1.87. The van der Waals surface area contributed by atoms with Gasteiger partial charge in [0, 0.05) is 13.1 Å². The second-order valence-electron chi connectivity index (χ2n) is 4.97. The van der Waals surface area contributed by atoms with Crippen LogP contribution in [0.25, 0.3) is 0 Å². The van der Waals surface area contributed by atoms with Crippen molar-refractivity contribution in [2.75, 3.05) is 23.3 Å². The van der Waals surface area contributed by atoms with E-state index in [0.717, 1.165) is 24.5 Å². The van der Waals surface area contributed by atoms with Crippen LogP contribution >= 0.6 is 47.0 Å². The first-order chi connectivity index (χ1) is 10.4. The lowest BCUT2D eigenvalue weighted by atomic mass is 10.1. The molecule has 1 amide bonds. The summed E-state index contributed by atoms with van der Waals surface area (Å²) in [6, 6.07) is 7.79. The van der Waals surface area contributed by atoms with Crippen LogP contribution in [0.2, 0.25) is 0 Å². The molecule has 2 rings (SSSR count). The number of nitrogens with one attached hydrogen (secondary N) is 2. The molecular weight excluding hydrogens is 365 g/mol. The van der Waals surface area contributed by atoms with Gasteiger partial charge < -0.3 is 10.2 Å². The predicted molar refractivity (Wildman–Crippen MR) is 97.2 cm³/mol. The number of amides is 1. The van der Waals surface area contributed by atoms with E-state index in [1.54, 1.807) is 0 Å². The number of halogens is 3. The van der Waals surface area contributed by atoms with Crippen LogP contribution < -0.4 is 15.5 Å². The van der Waals surface area contributed by atoms with E-state index in [-0.39, 0.29) is 5.11 Å². The van der Waals surface area contributed by atoms with E-state index >= 15 is 0 Å². The lowest BCUT2D eigenvalue weighted by Crippen LogP contribution is -2.41. The SMILES string of the molecule is O=C(NC(=S)Nc1ccccc1N1CCCCC1)C(Cl)(Cl)Cl. The maximum Gasteiger partial charge on any atom is 0.278 e. The fraction of sp³-hybridized carbons (Fsp3) is 0.429. The molecule has 0 unspecified atom stereocenters. The van der Waals surface area contributed by atoms with Gasteiger partial charge in [0.05, 0.1) is 11.4 Å². The van der Waals surface area contributed by atoms with Crippen molar-refractivity contribution in [1.82, 2.24) is 5.32 Å². The van der Waals surface area contributed by atoms with Gasteiger partial charge in [-0.15, -0.1) is 0 Å². The Balaban J connectivity index is 2.06. The summed E-state index contributed by atoms with van der Waals surface area (Å²) in [6.07, 6.45) is 3.59. The molecule has 1 fully saturated rings. The van der Waals surface area contributed by atoms with Crippen molar-refractivity contribution in [1.29, 1.82) is 0 Å². The van der Waals surface area contributed by atoms with Crippen LogP contribution in [0.3, 0.4) is 0 Å². The number of carbonyl (C=O) groups excluding carboxylic acids is 1. The van der Waals surface area contributed by atoms with E-state index in [1.807, 2.05) is 24.3 Å². The molecule has 1 aliphatic heterocycles. The highest BCUT2D eigenvalue weighted by atomic mass is 35.6. The molecule has 1 aromatic carbocycles. The van der Waals surface area contributed by atoms with Crippen LogP contribution in [-0.4, -0.2) is 27.9 Å². The second-order valence-corrected chi connectivity index (χ2v) is 7.66. The lowest BCUT2D eigenvalue weighted by molar-refractivity contribution is -0.118. The van der Waals surface area contributed by atoms with E-state index in [1.165, 1.54) is 19.3 Å². The molecule has 1 aliphatic rings. The number of piperidine rings is 1. The molecule has 2 N–H and O–H groups in total. The maximum atomic E-state index is 11.6. The maximum absolute atomic E-state index is 11.6. The van der Waals surface area contributed by atoms with Gasteiger partial charge in [-0.1, -0.05) is 46.9 Å². The molecule has 4 nitrogen and oxygen atoms in total. The highest BCUT2D eigenvalue weighted by molar-refractivity contribution is 7.80. The van der Waals surface area contributed by atoms with Crippen molar-refractivity contribution >= 4 is 69.4 Å². The third kappa shape index (κ3) is 4.88. The predicted octanol–water partition coefficient (Wildman–Crippen LogP) is 3.86. The van der Waals surface area contributed by atoms with E-state index in [9.17, 15) is 4.79 Å². The second kappa shape index (κ2) is 7.68. The average molecular weight is 381 g/mol. The van der Waals surface area contributed by atoms with Crippen LogP contribution in [0.1, 0.15) is 19.3 Å². The molecule has 22 heavy (non-hydrogen) atoms. The van der Waals surface area contributed by atoms with Crippen molar-refractivity contribution < 1.29 is 4.79 Å². The Bertz CT molecular complexity index is 557. The third-order valence-corrected chi connectivity index (χ3v) is 4.05. The average Bonchev–Trinajstić information content (AvgIpc) is 2.47. The molecule has 1 aromatic rings. The normalized spacial score (nSPS) is 15.3. The Kier molecular flexibility index (Phi) is 6.15. The quantitative estimate of drug-likeness (QED) is 0.604. The summed E-state index contributed by atoms with van der Waals surface area (Å²) in [6.45, 7) is 2.01. The van der Waals surface area contributed by atoms with E-state index in [2.05, 4.69) is 15.5 Å². The first kappa shape index (κ1) is 17.6. The van der Waals surface area contributed by atoms with E-state index < -0.39 is 9.70 Å². The number of nitrogens with zero attached hydrogens (tertiary/aromatic N) is 1. The Morgan fingerprint density at radius 2 is 1.77 bits per heavy atom. The van der Waals surface area contributed by atoms with Gasteiger partial charge in [0.1, 0.15) is 0 Å². The van der Waals surface area contributed by atoms with Gasteiger partial charge in [-0.25, -0.2) is 0 Å². The number of para-hydroxylation sites is 2. The van der Waals surface area contributed by atoms with Crippen molar-refractivity contribution in [2.24, 2.45) is 0 Å². The topological polar surface area (TPSA) is 44.4 Å². The van der Waals surface area contributed by atoms with Crippen molar-refractivity contribution in [2.45, 2.75) is 23.1 Å². The number of alkyl halides is 3. The summed E-state index contributed by atoms with van der Waals surface area (Å²) in [4.78, 5) is 13.9. The van der Waals surface area contributed by atoms with Gasteiger partial charge in [-0.05, 0) is 43.6 Å². The molecule has 1 heterocycles. The monoisotopic (exact) mass is 379 g/mol. The van der Waals surface area contributed by atoms with Crippen LogP contribution in [0, 0.1) is 0 Å². The Morgan fingerprint density at radius 1 is 1.14 bits per heavy atom. The molecule has 0 aliphatic carbocycles. The largest absolute Gasteiger partial charge is 0.370 e. The number of anilines is 2. The Labute approximate surface area is 150 Å². The number of hydrogen-bond acceptors (Lipinski definition) is 3. The molecule has 0 bridgehead atoms. The molecule has 0 aromatic heterocycles. The highest BCUT2D eigenvalue weighted by Gasteiger charge is 2.31. The van der Waals surface area contributed by atoms with E-state index in [0.29, 0.717) is 0 Å². The number of rotatable bonds is 2. The van der Waals surface area contributed by atoms with Gasteiger partial charge in [0.25, 0.3) is 9.70 Å². The van der Waals surface area contributed by atoms with Crippen LogP contribution in [0.15, 0.2) is 24.3 Å². The van der Waals surface area contributed by atoms with E-state index in [4.69, 9.17) is 47.0 Å². The summed E-state index contributed by atoms with van der Waals surface area (Å²) < 4.78 is -2.04. The summed E-state index contributed by atoms with van der Waals surface area (Å²) in [5.74, 6) is -0.787. The zero-order valence-corrected chi connectivity index (χ0v) is 14.8. The van der Waals surface area contributed by atoms with Crippen LogP contribution in [-0.2, 0) is 4.79 Å². The van der Waals surface area contributed by atoms with Crippen molar-refractivity contribution in [3.8, 4) is 0 Å². The summed E-state index contributed by atoms with van der Waals surface area (Å²) in [5, 5.41) is 5.46. The molecule has 0 spiro atoms. The van der Waals surface area contributed by atoms with Crippen LogP contribution in [0.5, 0.6) is 0 Å². The van der Waals surface area contributed by atoms with Gasteiger partial charge in [0.15, 0.2) is 5.11 Å². The molecule has 1 saturated heterocycles. The van der Waals surface area contributed by atoms with Crippen molar-refractivity contribution in [3.05, 3.63) is 24.3 Å². The number of carbonyl (C=O) groups is 1. The number of thiocarbonyl (C=S) groups is 1. The third-order valence-electron chi connectivity index (χ3n) is 3.33. The highest BCUT2D eigenvalue weighted by Crippen LogP contribution is 2.29. The smallest absolute Gasteiger partial charge is 0.278 e. The number of hydrogen-bond donors (Lipinski definition) is 2. The Morgan fingerprint density at radius 3 is 2.41 bits per heavy atom. The Hall–Kier alpha value is -0.750. The lowest BCUT2D eigenvalue weighted by Gasteiger charge is -2.30. The van der Waals surface area contributed by atoms with Crippen LogP contribution in [0.4, 0.5) is 11.4 Å². The summed E-state index contributed by atoms with van der Waals surface area (Å²) >= 11 is 21.6. The minimum absolute atomic E-state index is 0.0979. The minimum Gasteiger partial charge on any atom is -0.370 e. The molecule has 0 saturated carbocycles. The molecule has 120 valence electrons. The summed E-state index contributed by atoms with van der Waals surface area (Å²) in [7, 11) is 0. The van der Waals surface area contributed by atoms with Gasteiger partial charge in [-0.3, -0.25) is 10.1 Å². The first-order valence-corrected chi connectivity index (χ1v) is 8.45. The van der Waals surface area contributed by atoms with Gasteiger partial charge in [0.2, 0.25) is 0 Å². The van der Waals surface area contributed by atoms with Gasteiger partial charge in [-0.2, -0.15) is 0 Å². The molecule has 0 radical (unpaired) electrons. The van der Waals surface area contributed by atoms with Crippen molar-refractivity contribution in [3.63, 3.8) is 0 Å². The molecule has 8 heteroatoms. The fourth-order valence-electron chi connectivity index (χ4n) is 2.32.